The van der Waals surface area contributed by atoms with Crippen LogP contribution in [0.15, 0.2) is 0 Å². The van der Waals surface area contributed by atoms with Crippen LogP contribution >= 0.6 is 0 Å². The molecule has 0 radical (unpaired) electrons. The number of carbonyl (C=O) groups is 1. The average molecular weight is 234 g/mol. The molecular weight excluding hydrogens is 212 g/mol. The summed E-state index contributed by atoms with van der Waals surface area (Å²) in [5.41, 5.74) is 0. The van der Waals surface area contributed by atoms with Gasteiger partial charge in [0.1, 0.15) is 0 Å². The molecule has 0 aromatic carbocycles. The van der Waals surface area contributed by atoms with Gasteiger partial charge in [0.25, 0.3) is 0 Å². The number of amides is 1. The lowest BCUT2D eigenvalue weighted by Gasteiger charge is -2.20. The van der Waals surface area contributed by atoms with E-state index in [4.69, 9.17) is 6.42 Å². The molecule has 94 valence electrons. The lowest BCUT2D eigenvalue weighted by Crippen LogP contribution is -2.33. The SMILES string of the molecule is C#CCN(CC1CC1)C(=O)CCC1CCNC1. The van der Waals surface area contributed by atoms with E-state index >= 15 is 0 Å². The molecule has 0 aromatic rings. The fourth-order valence-corrected chi connectivity index (χ4v) is 2.42. The first kappa shape index (κ1) is 12.4. The highest BCUT2D eigenvalue weighted by Crippen LogP contribution is 2.30. The summed E-state index contributed by atoms with van der Waals surface area (Å²) < 4.78 is 0. The van der Waals surface area contributed by atoms with Crippen LogP contribution in [-0.2, 0) is 4.79 Å². The molecule has 1 heterocycles. The van der Waals surface area contributed by atoms with Gasteiger partial charge in [-0.25, -0.2) is 0 Å². The van der Waals surface area contributed by atoms with Gasteiger partial charge in [0.2, 0.25) is 5.91 Å². The van der Waals surface area contributed by atoms with Gasteiger partial charge in [0, 0.05) is 13.0 Å². The molecule has 1 saturated carbocycles. The van der Waals surface area contributed by atoms with Gasteiger partial charge >= 0.3 is 0 Å². The van der Waals surface area contributed by atoms with Gasteiger partial charge in [-0.3, -0.25) is 4.79 Å². The van der Waals surface area contributed by atoms with Crippen molar-refractivity contribution in [3.63, 3.8) is 0 Å². The van der Waals surface area contributed by atoms with Crippen molar-refractivity contribution in [2.24, 2.45) is 11.8 Å². The van der Waals surface area contributed by atoms with Gasteiger partial charge in [-0.1, -0.05) is 5.92 Å². The molecule has 2 fully saturated rings. The maximum absolute atomic E-state index is 12.1. The van der Waals surface area contributed by atoms with Gasteiger partial charge in [0.15, 0.2) is 0 Å². The zero-order chi connectivity index (χ0) is 12.1. The van der Waals surface area contributed by atoms with Crippen molar-refractivity contribution < 1.29 is 4.79 Å². The molecule has 1 N–H and O–H groups in total. The van der Waals surface area contributed by atoms with Crippen molar-refractivity contribution in [3.8, 4) is 12.3 Å². The van der Waals surface area contributed by atoms with E-state index in [1.165, 1.54) is 19.3 Å². The maximum atomic E-state index is 12.1. The third kappa shape index (κ3) is 4.05. The summed E-state index contributed by atoms with van der Waals surface area (Å²) in [6.07, 6.45) is 10.7. The Hall–Kier alpha value is -1.01. The number of terminal acetylenes is 1. The molecule has 1 aliphatic heterocycles. The minimum absolute atomic E-state index is 0.252. The molecule has 0 aromatic heterocycles. The molecule has 2 aliphatic rings. The molecule has 1 atom stereocenters. The normalized spacial score (nSPS) is 23.4. The summed E-state index contributed by atoms with van der Waals surface area (Å²) in [6.45, 7) is 3.55. The fraction of sp³-hybridized carbons (Fsp3) is 0.786. The molecule has 3 nitrogen and oxygen atoms in total. The number of rotatable bonds is 6. The molecule has 1 amide bonds. The Morgan fingerprint density at radius 2 is 2.18 bits per heavy atom. The van der Waals surface area contributed by atoms with E-state index in [1.54, 1.807) is 0 Å². The Labute approximate surface area is 104 Å². The molecule has 0 spiro atoms. The van der Waals surface area contributed by atoms with E-state index in [0.717, 1.165) is 32.0 Å². The summed E-state index contributed by atoms with van der Waals surface area (Å²) in [4.78, 5) is 13.9. The number of nitrogens with zero attached hydrogens (tertiary/aromatic N) is 1. The van der Waals surface area contributed by atoms with Crippen molar-refractivity contribution in [2.45, 2.75) is 32.1 Å². The van der Waals surface area contributed by atoms with Gasteiger partial charge in [-0.2, -0.15) is 0 Å². The highest BCUT2D eigenvalue weighted by molar-refractivity contribution is 5.76. The topological polar surface area (TPSA) is 32.3 Å². The minimum atomic E-state index is 0.252. The van der Waals surface area contributed by atoms with Crippen LogP contribution in [0.4, 0.5) is 0 Å². The number of carbonyl (C=O) groups excluding carboxylic acids is 1. The second kappa shape index (κ2) is 6.07. The third-order valence-corrected chi connectivity index (χ3v) is 3.74. The second-order valence-electron chi connectivity index (χ2n) is 5.32. The Morgan fingerprint density at radius 3 is 2.76 bits per heavy atom. The summed E-state index contributed by atoms with van der Waals surface area (Å²) in [6, 6.07) is 0. The Bertz CT molecular complexity index is 298. The van der Waals surface area contributed by atoms with Crippen LogP contribution in [0.1, 0.15) is 32.1 Å². The maximum Gasteiger partial charge on any atom is 0.223 e. The predicted octanol–water partition coefficient (Wildman–Crippen LogP) is 1.25. The van der Waals surface area contributed by atoms with Crippen molar-refractivity contribution in [2.75, 3.05) is 26.2 Å². The molecule has 0 bridgehead atoms. The first-order valence-corrected chi connectivity index (χ1v) is 6.71. The van der Waals surface area contributed by atoms with Crippen LogP contribution in [0, 0.1) is 24.2 Å². The van der Waals surface area contributed by atoms with Crippen molar-refractivity contribution in [3.05, 3.63) is 0 Å². The predicted molar refractivity (Wildman–Crippen MR) is 68.3 cm³/mol. The summed E-state index contributed by atoms with van der Waals surface area (Å²) in [5.74, 6) is 4.26. The van der Waals surface area contributed by atoms with Gasteiger partial charge in [-0.05, 0) is 50.6 Å². The standard InChI is InChI=1S/C14H22N2O/c1-2-9-16(11-13-3-4-13)14(17)6-5-12-7-8-15-10-12/h1,12-13,15H,3-11H2. The highest BCUT2D eigenvalue weighted by atomic mass is 16.2. The molecule has 17 heavy (non-hydrogen) atoms. The van der Waals surface area contributed by atoms with Crippen molar-refractivity contribution in [1.82, 2.24) is 10.2 Å². The van der Waals surface area contributed by atoms with Crippen LogP contribution in [0.3, 0.4) is 0 Å². The van der Waals surface area contributed by atoms with Gasteiger partial charge in [-0.15, -0.1) is 6.42 Å². The van der Waals surface area contributed by atoms with E-state index in [9.17, 15) is 4.79 Å². The highest BCUT2D eigenvalue weighted by Gasteiger charge is 2.26. The van der Waals surface area contributed by atoms with E-state index in [2.05, 4.69) is 11.2 Å². The van der Waals surface area contributed by atoms with E-state index in [1.807, 2.05) is 4.90 Å². The van der Waals surface area contributed by atoms with Crippen LogP contribution in [-0.4, -0.2) is 37.0 Å². The van der Waals surface area contributed by atoms with Crippen LogP contribution in [0.25, 0.3) is 0 Å². The Morgan fingerprint density at radius 1 is 1.35 bits per heavy atom. The van der Waals surface area contributed by atoms with Gasteiger partial charge in [0.05, 0.1) is 6.54 Å². The monoisotopic (exact) mass is 234 g/mol. The van der Waals surface area contributed by atoms with Crippen LogP contribution in [0.2, 0.25) is 0 Å². The fourth-order valence-electron chi connectivity index (χ4n) is 2.42. The number of hydrogen-bond acceptors (Lipinski definition) is 2. The average Bonchev–Trinajstić information content (AvgIpc) is 2.99. The summed E-state index contributed by atoms with van der Waals surface area (Å²) in [5, 5.41) is 3.34. The second-order valence-corrected chi connectivity index (χ2v) is 5.32. The number of hydrogen-bond donors (Lipinski definition) is 1. The Balaban J connectivity index is 1.72. The minimum Gasteiger partial charge on any atom is -0.331 e. The lowest BCUT2D eigenvalue weighted by molar-refractivity contribution is -0.131. The van der Waals surface area contributed by atoms with Crippen LogP contribution in [0.5, 0.6) is 0 Å². The van der Waals surface area contributed by atoms with E-state index < -0.39 is 0 Å². The Kier molecular flexibility index (Phi) is 4.44. The molecule has 1 saturated heterocycles. The lowest BCUT2D eigenvalue weighted by atomic mass is 10.0. The first-order chi connectivity index (χ1) is 8.29. The third-order valence-electron chi connectivity index (χ3n) is 3.74. The van der Waals surface area contributed by atoms with Crippen molar-refractivity contribution >= 4 is 5.91 Å². The smallest absolute Gasteiger partial charge is 0.223 e. The largest absolute Gasteiger partial charge is 0.331 e. The molecular formula is C14H22N2O. The summed E-state index contributed by atoms with van der Waals surface area (Å²) >= 11 is 0. The first-order valence-electron chi connectivity index (χ1n) is 6.71. The molecule has 1 aliphatic carbocycles. The molecule has 3 heteroatoms. The van der Waals surface area contributed by atoms with E-state index in [0.29, 0.717) is 18.9 Å². The van der Waals surface area contributed by atoms with Crippen LogP contribution < -0.4 is 5.32 Å². The van der Waals surface area contributed by atoms with Gasteiger partial charge < -0.3 is 10.2 Å². The quantitative estimate of drug-likeness (QED) is 0.702. The molecule has 1 unspecified atom stereocenters. The summed E-state index contributed by atoms with van der Waals surface area (Å²) in [7, 11) is 0. The molecule has 2 rings (SSSR count). The zero-order valence-electron chi connectivity index (χ0n) is 10.5. The van der Waals surface area contributed by atoms with E-state index in [-0.39, 0.29) is 5.91 Å². The van der Waals surface area contributed by atoms with Crippen molar-refractivity contribution in [1.29, 1.82) is 0 Å². The zero-order valence-corrected chi connectivity index (χ0v) is 10.5. The number of nitrogens with one attached hydrogen (secondary N) is 1.